The number of hydrogen-bond acceptors (Lipinski definition) is 4. The molecule has 4 aromatic rings. The van der Waals surface area contributed by atoms with Crippen molar-refractivity contribution < 1.29 is 9.53 Å². The van der Waals surface area contributed by atoms with Gasteiger partial charge in [0.1, 0.15) is 11.4 Å². The Bertz CT molecular complexity index is 1230. The summed E-state index contributed by atoms with van der Waals surface area (Å²) in [5, 5.41) is 11.3. The predicted molar refractivity (Wildman–Crippen MR) is 131 cm³/mol. The van der Waals surface area contributed by atoms with E-state index in [0.29, 0.717) is 23.7 Å². The molecule has 0 bridgehead atoms. The van der Waals surface area contributed by atoms with Gasteiger partial charge in [-0.2, -0.15) is 10.2 Å². The van der Waals surface area contributed by atoms with Crippen molar-refractivity contribution in [2.45, 2.75) is 20.3 Å². The number of hydrogen-bond donors (Lipinski definition) is 2. The second kappa shape index (κ2) is 10.4. The highest BCUT2D eigenvalue weighted by atomic mass is 16.5. The predicted octanol–water partition coefficient (Wildman–Crippen LogP) is 5.69. The number of aromatic nitrogens is 2. The lowest BCUT2D eigenvalue weighted by atomic mass is 10.0. The summed E-state index contributed by atoms with van der Waals surface area (Å²) in [4.78, 5) is 12.5. The lowest BCUT2D eigenvalue weighted by Gasteiger charge is -2.05. The first-order valence-corrected chi connectivity index (χ1v) is 10.9. The highest BCUT2D eigenvalue weighted by Crippen LogP contribution is 2.22. The van der Waals surface area contributed by atoms with Crippen LogP contribution in [0, 0.1) is 0 Å². The monoisotopic (exact) mass is 438 g/mol. The van der Waals surface area contributed by atoms with Crippen LogP contribution in [0.4, 0.5) is 0 Å². The molecule has 0 atom stereocenters. The molecule has 3 aromatic carbocycles. The van der Waals surface area contributed by atoms with Gasteiger partial charge in [0, 0.05) is 5.56 Å². The van der Waals surface area contributed by atoms with Crippen LogP contribution in [0.2, 0.25) is 0 Å². The maximum atomic E-state index is 12.5. The smallest absolute Gasteiger partial charge is 0.289 e. The Morgan fingerprint density at radius 1 is 0.939 bits per heavy atom. The van der Waals surface area contributed by atoms with Crippen molar-refractivity contribution in [3.63, 3.8) is 0 Å². The van der Waals surface area contributed by atoms with Gasteiger partial charge in [0.2, 0.25) is 0 Å². The second-order valence-corrected chi connectivity index (χ2v) is 7.62. The van der Waals surface area contributed by atoms with Crippen molar-refractivity contribution >= 4 is 11.6 Å². The molecular weight excluding hydrogens is 412 g/mol. The summed E-state index contributed by atoms with van der Waals surface area (Å²) in [5.41, 5.74) is 8.45. The Kier molecular flexibility index (Phi) is 6.95. The fourth-order valence-corrected chi connectivity index (χ4v) is 3.32. The lowest BCUT2D eigenvalue weighted by Crippen LogP contribution is -2.19. The van der Waals surface area contributed by atoms with E-state index >= 15 is 0 Å². The van der Waals surface area contributed by atoms with E-state index in [1.807, 2.05) is 73.7 Å². The van der Waals surface area contributed by atoms with Crippen LogP contribution >= 0.6 is 0 Å². The van der Waals surface area contributed by atoms with Crippen LogP contribution in [-0.2, 0) is 0 Å². The molecule has 0 aliphatic rings. The minimum absolute atomic E-state index is 0.340. The maximum Gasteiger partial charge on any atom is 0.289 e. The van der Waals surface area contributed by atoms with E-state index < -0.39 is 0 Å². The van der Waals surface area contributed by atoms with Crippen LogP contribution in [0.1, 0.15) is 36.3 Å². The number of amides is 1. The Hall–Kier alpha value is -4.19. The molecule has 4 rings (SSSR count). The van der Waals surface area contributed by atoms with E-state index in [2.05, 4.69) is 39.8 Å². The minimum Gasteiger partial charge on any atom is -0.494 e. The average Bonchev–Trinajstić information content (AvgIpc) is 3.37. The van der Waals surface area contributed by atoms with E-state index in [-0.39, 0.29) is 5.91 Å². The third kappa shape index (κ3) is 5.54. The normalized spacial score (nSPS) is 11.3. The van der Waals surface area contributed by atoms with Gasteiger partial charge in [-0.15, -0.1) is 0 Å². The van der Waals surface area contributed by atoms with Gasteiger partial charge in [-0.1, -0.05) is 61.5 Å². The van der Waals surface area contributed by atoms with Gasteiger partial charge in [-0.3, -0.25) is 9.89 Å². The van der Waals surface area contributed by atoms with Crippen molar-refractivity contribution in [1.82, 2.24) is 15.6 Å². The molecule has 0 unspecified atom stereocenters. The van der Waals surface area contributed by atoms with Crippen molar-refractivity contribution in [3.8, 4) is 28.1 Å². The SMILES string of the molecule is CCCOc1ccc(-c2cc(C(=O)N/N=C(/C)c3ccc(-c4ccccc4)cc3)[nH]n2)cc1. The van der Waals surface area contributed by atoms with Gasteiger partial charge in [0.05, 0.1) is 18.0 Å². The van der Waals surface area contributed by atoms with Crippen molar-refractivity contribution in [2.75, 3.05) is 6.61 Å². The highest BCUT2D eigenvalue weighted by molar-refractivity contribution is 6.01. The summed E-state index contributed by atoms with van der Waals surface area (Å²) in [7, 11) is 0. The number of ether oxygens (including phenoxy) is 1. The van der Waals surface area contributed by atoms with E-state index in [0.717, 1.165) is 34.4 Å². The van der Waals surface area contributed by atoms with Crippen molar-refractivity contribution in [1.29, 1.82) is 0 Å². The number of rotatable bonds is 8. The van der Waals surface area contributed by atoms with Gasteiger partial charge in [-0.25, -0.2) is 5.43 Å². The lowest BCUT2D eigenvalue weighted by molar-refractivity contribution is 0.0950. The molecule has 6 nitrogen and oxygen atoms in total. The third-order valence-corrected chi connectivity index (χ3v) is 5.18. The van der Waals surface area contributed by atoms with Crippen LogP contribution in [0.25, 0.3) is 22.4 Å². The standard InChI is InChI=1S/C27H26N4O2/c1-3-17-33-24-15-13-23(14-16-24)25-18-26(30-29-25)27(32)31-28-19(2)20-9-11-22(12-10-20)21-7-5-4-6-8-21/h4-16,18H,3,17H2,1-2H3,(H,29,30)(H,31,32)/b28-19-. The van der Waals surface area contributed by atoms with Crippen molar-refractivity contribution in [3.05, 3.63) is 96.2 Å². The molecule has 0 saturated heterocycles. The number of hydrazone groups is 1. The van der Waals surface area contributed by atoms with E-state index in [9.17, 15) is 4.79 Å². The largest absolute Gasteiger partial charge is 0.494 e. The molecule has 2 N–H and O–H groups in total. The van der Waals surface area contributed by atoms with E-state index in [4.69, 9.17) is 4.74 Å². The molecule has 1 amide bonds. The maximum absolute atomic E-state index is 12.5. The number of benzene rings is 3. The number of H-pyrrole nitrogens is 1. The molecule has 0 spiro atoms. The van der Waals surface area contributed by atoms with Crippen LogP contribution in [0.5, 0.6) is 5.75 Å². The summed E-state index contributed by atoms with van der Waals surface area (Å²) in [5.74, 6) is 0.465. The summed E-state index contributed by atoms with van der Waals surface area (Å²) >= 11 is 0. The molecule has 166 valence electrons. The van der Waals surface area contributed by atoms with E-state index in [1.54, 1.807) is 6.07 Å². The Balaban J connectivity index is 1.39. The van der Waals surface area contributed by atoms with Gasteiger partial charge >= 0.3 is 0 Å². The molecule has 1 heterocycles. The second-order valence-electron chi connectivity index (χ2n) is 7.62. The average molecular weight is 439 g/mol. The van der Waals surface area contributed by atoms with Gasteiger partial charge in [0.25, 0.3) is 5.91 Å². The minimum atomic E-state index is -0.350. The van der Waals surface area contributed by atoms with Crippen LogP contribution in [-0.4, -0.2) is 28.4 Å². The molecule has 0 aliphatic carbocycles. The zero-order valence-corrected chi connectivity index (χ0v) is 18.7. The molecule has 0 saturated carbocycles. The topological polar surface area (TPSA) is 79.4 Å². The fourth-order valence-electron chi connectivity index (χ4n) is 3.32. The molecule has 0 radical (unpaired) electrons. The quantitative estimate of drug-likeness (QED) is 0.274. The van der Waals surface area contributed by atoms with Gasteiger partial charge in [0.15, 0.2) is 0 Å². The van der Waals surface area contributed by atoms with Crippen LogP contribution in [0.15, 0.2) is 90.0 Å². The first-order valence-electron chi connectivity index (χ1n) is 10.9. The number of carbonyl (C=O) groups is 1. The molecule has 0 aliphatic heterocycles. The first-order chi connectivity index (χ1) is 16.1. The molecule has 33 heavy (non-hydrogen) atoms. The zero-order chi connectivity index (χ0) is 23.0. The number of nitrogens with one attached hydrogen (secondary N) is 2. The number of aromatic amines is 1. The Labute approximate surface area is 193 Å². The third-order valence-electron chi connectivity index (χ3n) is 5.18. The Morgan fingerprint density at radius 3 is 2.30 bits per heavy atom. The zero-order valence-electron chi connectivity index (χ0n) is 18.7. The van der Waals surface area contributed by atoms with Gasteiger partial charge < -0.3 is 4.74 Å². The summed E-state index contributed by atoms with van der Waals surface area (Å²) in [6.45, 7) is 4.61. The number of carbonyl (C=O) groups excluding carboxylic acids is 1. The molecule has 1 aromatic heterocycles. The molecule has 6 heteroatoms. The highest BCUT2D eigenvalue weighted by Gasteiger charge is 2.11. The van der Waals surface area contributed by atoms with Crippen molar-refractivity contribution in [2.24, 2.45) is 5.10 Å². The van der Waals surface area contributed by atoms with Crippen LogP contribution < -0.4 is 10.2 Å². The first kappa shape index (κ1) is 22.0. The fraction of sp³-hybridized carbons (Fsp3) is 0.148. The van der Waals surface area contributed by atoms with Crippen LogP contribution in [0.3, 0.4) is 0 Å². The van der Waals surface area contributed by atoms with Gasteiger partial charge in [-0.05, 0) is 60.4 Å². The summed E-state index contributed by atoms with van der Waals surface area (Å²) < 4.78 is 5.60. The Morgan fingerprint density at radius 2 is 1.61 bits per heavy atom. The molecule has 0 fully saturated rings. The number of nitrogens with zero attached hydrogens (tertiary/aromatic N) is 2. The summed E-state index contributed by atoms with van der Waals surface area (Å²) in [6.07, 6.45) is 0.959. The molecular formula is C27H26N4O2. The van der Waals surface area contributed by atoms with E-state index in [1.165, 1.54) is 0 Å². The summed E-state index contributed by atoms with van der Waals surface area (Å²) in [6, 6.07) is 27.6.